The van der Waals surface area contributed by atoms with Gasteiger partial charge in [-0.25, -0.2) is 9.29 Å². The van der Waals surface area contributed by atoms with Gasteiger partial charge in [-0.2, -0.15) is 0 Å². The molecule has 1 aliphatic rings. The molecule has 8 heteroatoms. The molecule has 0 saturated carbocycles. The highest BCUT2D eigenvalue weighted by Crippen LogP contribution is 2.33. The van der Waals surface area contributed by atoms with Crippen LogP contribution in [0.4, 0.5) is 10.1 Å². The predicted molar refractivity (Wildman–Crippen MR) is 126 cm³/mol. The Hall–Kier alpha value is -4.33. The molecule has 1 saturated heterocycles. The van der Waals surface area contributed by atoms with E-state index in [9.17, 15) is 23.6 Å². The Kier molecular flexibility index (Phi) is 6.73. The highest BCUT2D eigenvalue weighted by molar-refractivity contribution is 6.23. The van der Waals surface area contributed by atoms with E-state index < -0.39 is 41.6 Å². The van der Waals surface area contributed by atoms with Crippen LogP contribution < -0.4 is 9.64 Å². The average molecular weight is 474 g/mol. The Labute approximate surface area is 201 Å². The third-order valence-corrected chi connectivity index (χ3v) is 5.85. The second kappa shape index (κ2) is 9.89. The van der Waals surface area contributed by atoms with Gasteiger partial charge in [0.05, 0.1) is 23.7 Å². The van der Waals surface area contributed by atoms with Crippen molar-refractivity contribution in [3.8, 4) is 5.75 Å². The first-order valence-corrected chi connectivity index (χ1v) is 11.1. The van der Waals surface area contributed by atoms with E-state index in [1.165, 1.54) is 54.3 Å². The Balaban J connectivity index is 1.70. The summed E-state index contributed by atoms with van der Waals surface area (Å²) in [7, 11) is 0. The highest BCUT2D eigenvalue weighted by atomic mass is 19.1. The number of ether oxygens (including phenoxy) is 1. The van der Waals surface area contributed by atoms with Gasteiger partial charge in [0.25, 0.3) is 11.8 Å². The molecule has 2 unspecified atom stereocenters. The zero-order chi connectivity index (χ0) is 25.1. The molecule has 7 nitrogen and oxygen atoms in total. The minimum Gasteiger partial charge on any atom is -0.427 e. The standard InChI is InChI=1S/C27H23FN2O5/c1-17(19-8-4-3-5-9-19)29(26(33)22-10-6-7-11-23(22)28)24-16-25(32)30(27(24)34)20-12-14-21(15-13-20)35-18(2)31/h3-15,17,24H,16H2,1-2H3. The molecule has 4 rings (SSSR count). The number of esters is 1. The summed E-state index contributed by atoms with van der Waals surface area (Å²) in [5.41, 5.74) is 0.838. The van der Waals surface area contributed by atoms with E-state index in [0.717, 1.165) is 10.5 Å². The van der Waals surface area contributed by atoms with Crippen molar-refractivity contribution in [2.24, 2.45) is 0 Å². The van der Waals surface area contributed by atoms with Crippen LogP contribution in [0.1, 0.15) is 42.2 Å². The van der Waals surface area contributed by atoms with Crippen molar-refractivity contribution >= 4 is 29.4 Å². The van der Waals surface area contributed by atoms with Crippen LogP contribution in [0.3, 0.4) is 0 Å². The van der Waals surface area contributed by atoms with E-state index in [-0.39, 0.29) is 23.4 Å². The lowest BCUT2D eigenvalue weighted by Gasteiger charge is -2.33. The number of hydrogen-bond donors (Lipinski definition) is 0. The normalized spacial score (nSPS) is 16.2. The fourth-order valence-corrected chi connectivity index (χ4v) is 4.19. The maximum Gasteiger partial charge on any atom is 0.308 e. The lowest BCUT2D eigenvalue weighted by atomic mass is 10.0. The molecule has 0 spiro atoms. The van der Waals surface area contributed by atoms with Crippen LogP contribution in [0.15, 0.2) is 78.9 Å². The minimum absolute atomic E-state index is 0.181. The number of carbonyl (C=O) groups is 4. The summed E-state index contributed by atoms with van der Waals surface area (Å²) in [6.07, 6.45) is -0.248. The van der Waals surface area contributed by atoms with E-state index in [1.54, 1.807) is 37.3 Å². The molecule has 0 aromatic heterocycles. The van der Waals surface area contributed by atoms with Crippen molar-refractivity contribution < 1.29 is 28.3 Å². The van der Waals surface area contributed by atoms with Crippen molar-refractivity contribution in [3.05, 3.63) is 95.8 Å². The molecule has 178 valence electrons. The molecule has 35 heavy (non-hydrogen) atoms. The van der Waals surface area contributed by atoms with E-state index in [0.29, 0.717) is 0 Å². The summed E-state index contributed by atoms with van der Waals surface area (Å²) in [5.74, 6) is -2.71. The first kappa shape index (κ1) is 23.8. The van der Waals surface area contributed by atoms with Crippen LogP contribution in [-0.4, -0.2) is 34.6 Å². The Morgan fingerprint density at radius 1 is 0.971 bits per heavy atom. The van der Waals surface area contributed by atoms with Gasteiger partial charge >= 0.3 is 5.97 Å². The van der Waals surface area contributed by atoms with Gasteiger partial charge in [0, 0.05) is 6.92 Å². The van der Waals surface area contributed by atoms with Gasteiger partial charge in [-0.15, -0.1) is 0 Å². The lowest BCUT2D eigenvalue weighted by Crippen LogP contribution is -2.47. The molecule has 3 amide bonds. The second-order valence-corrected chi connectivity index (χ2v) is 8.15. The first-order chi connectivity index (χ1) is 16.8. The Morgan fingerprint density at radius 3 is 2.23 bits per heavy atom. The van der Waals surface area contributed by atoms with Crippen molar-refractivity contribution in [2.75, 3.05) is 4.90 Å². The number of benzene rings is 3. The van der Waals surface area contributed by atoms with E-state index in [2.05, 4.69) is 0 Å². The van der Waals surface area contributed by atoms with Crippen molar-refractivity contribution in [1.82, 2.24) is 4.90 Å². The summed E-state index contributed by atoms with van der Waals surface area (Å²) >= 11 is 0. The van der Waals surface area contributed by atoms with E-state index in [1.807, 2.05) is 6.07 Å². The summed E-state index contributed by atoms with van der Waals surface area (Å²) in [6, 6.07) is 18.8. The summed E-state index contributed by atoms with van der Waals surface area (Å²) in [4.78, 5) is 53.5. The maximum atomic E-state index is 14.6. The quantitative estimate of drug-likeness (QED) is 0.302. The number of rotatable bonds is 6. The number of hydrogen-bond acceptors (Lipinski definition) is 5. The maximum absolute atomic E-state index is 14.6. The molecule has 1 fully saturated rings. The SMILES string of the molecule is CC(=O)Oc1ccc(N2C(=O)CC(N(C(=O)c3ccccc3F)C(C)c3ccccc3)C2=O)cc1. The molecule has 3 aromatic carbocycles. The minimum atomic E-state index is -1.13. The van der Waals surface area contributed by atoms with Gasteiger partial charge in [0.1, 0.15) is 17.6 Å². The number of imide groups is 1. The molecule has 0 bridgehead atoms. The monoisotopic (exact) mass is 474 g/mol. The number of nitrogens with zero attached hydrogens (tertiary/aromatic N) is 2. The molecule has 1 heterocycles. The third kappa shape index (κ3) is 4.82. The molecule has 0 aliphatic carbocycles. The predicted octanol–water partition coefficient (Wildman–Crippen LogP) is 4.29. The Bertz CT molecular complexity index is 1280. The fourth-order valence-electron chi connectivity index (χ4n) is 4.19. The third-order valence-electron chi connectivity index (χ3n) is 5.85. The van der Waals surface area contributed by atoms with Crippen molar-refractivity contribution in [1.29, 1.82) is 0 Å². The van der Waals surface area contributed by atoms with Crippen molar-refractivity contribution in [3.63, 3.8) is 0 Å². The smallest absolute Gasteiger partial charge is 0.308 e. The average Bonchev–Trinajstić information content (AvgIpc) is 3.13. The first-order valence-electron chi connectivity index (χ1n) is 11.1. The molecule has 3 aromatic rings. The van der Waals surface area contributed by atoms with Crippen LogP contribution in [0.2, 0.25) is 0 Å². The molecule has 1 aliphatic heterocycles. The second-order valence-electron chi connectivity index (χ2n) is 8.15. The zero-order valence-corrected chi connectivity index (χ0v) is 19.2. The van der Waals surface area contributed by atoms with Gasteiger partial charge in [-0.1, -0.05) is 42.5 Å². The van der Waals surface area contributed by atoms with Gasteiger partial charge in [0.2, 0.25) is 5.91 Å². The number of anilines is 1. The Morgan fingerprint density at radius 2 is 1.60 bits per heavy atom. The summed E-state index contributed by atoms with van der Waals surface area (Å²) < 4.78 is 19.6. The van der Waals surface area contributed by atoms with Crippen molar-refractivity contribution in [2.45, 2.75) is 32.4 Å². The van der Waals surface area contributed by atoms with Crippen LogP contribution in [0.25, 0.3) is 0 Å². The summed E-state index contributed by atoms with van der Waals surface area (Å²) in [5, 5.41) is 0. The van der Waals surface area contributed by atoms with E-state index >= 15 is 0 Å². The largest absolute Gasteiger partial charge is 0.427 e. The van der Waals surface area contributed by atoms with Gasteiger partial charge < -0.3 is 9.64 Å². The number of halogens is 1. The van der Waals surface area contributed by atoms with E-state index in [4.69, 9.17) is 4.74 Å². The lowest BCUT2D eigenvalue weighted by molar-refractivity contribution is -0.132. The highest BCUT2D eigenvalue weighted by Gasteiger charge is 2.46. The number of carbonyl (C=O) groups excluding carboxylic acids is 4. The van der Waals surface area contributed by atoms with Crippen LogP contribution in [0, 0.1) is 5.82 Å². The van der Waals surface area contributed by atoms with Gasteiger partial charge in [0.15, 0.2) is 0 Å². The molecule has 0 N–H and O–H groups in total. The topological polar surface area (TPSA) is 84.0 Å². The van der Waals surface area contributed by atoms with Crippen LogP contribution in [-0.2, 0) is 14.4 Å². The van der Waals surface area contributed by atoms with Crippen LogP contribution in [0.5, 0.6) is 5.75 Å². The van der Waals surface area contributed by atoms with Gasteiger partial charge in [-0.3, -0.25) is 19.2 Å². The number of amides is 3. The zero-order valence-electron chi connectivity index (χ0n) is 19.2. The molecule has 0 radical (unpaired) electrons. The molecular formula is C27H23FN2O5. The fraction of sp³-hybridized carbons (Fsp3) is 0.185. The summed E-state index contributed by atoms with van der Waals surface area (Å²) in [6.45, 7) is 3.00. The molecule has 2 atom stereocenters. The van der Waals surface area contributed by atoms with Crippen LogP contribution >= 0.6 is 0 Å². The molecular weight excluding hydrogens is 451 g/mol. The van der Waals surface area contributed by atoms with Gasteiger partial charge in [-0.05, 0) is 48.9 Å².